The first kappa shape index (κ1) is 14.0. The van der Waals surface area contributed by atoms with Gasteiger partial charge in [-0.3, -0.25) is 0 Å². The van der Waals surface area contributed by atoms with Crippen LogP contribution in [0.2, 0.25) is 0 Å². The first-order chi connectivity index (χ1) is 8.90. The average Bonchev–Trinajstić information content (AvgIpc) is 2.84. The lowest BCUT2D eigenvalue weighted by Gasteiger charge is -2.28. The lowest BCUT2D eigenvalue weighted by Crippen LogP contribution is -2.39. The number of aliphatic hydroxyl groups is 1. The second kappa shape index (κ2) is 7.93. The second-order valence-corrected chi connectivity index (χ2v) is 6.39. The molecule has 0 aromatic carbocycles. The van der Waals surface area contributed by atoms with Crippen LogP contribution in [-0.4, -0.2) is 17.8 Å². The zero-order valence-electron chi connectivity index (χ0n) is 11.1. The summed E-state index contributed by atoms with van der Waals surface area (Å²) in [5.74, 6) is 0.662. The highest BCUT2D eigenvalue weighted by Crippen LogP contribution is 2.25. The zero-order valence-corrected chi connectivity index (χ0v) is 11.9. The summed E-state index contributed by atoms with van der Waals surface area (Å²) in [5.41, 5.74) is 0. The van der Waals surface area contributed by atoms with E-state index in [1.807, 2.05) is 0 Å². The van der Waals surface area contributed by atoms with Gasteiger partial charge in [-0.25, -0.2) is 0 Å². The van der Waals surface area contributed by atoms with Gasteiger partial charge >= 0.3 is 0 Å². The van der Waals surface area contributed by atoms with Gasteiger partial charge in [0.1, 0.15) is 0 Å². The summed E-state index contributed by atoms with van der Waals surface area (Å²) in [6, 6.07) is 4.53. The number of aliphatic hydroxyl groups excluding tert-OH is 1. The molecule has 102 valence electrons. The first-order valence-electron chi connectivity index (χ1n) is 7.27. The van der Waals surface area contributed by atoms with E-state index < -0.39 is 0 Å². The van der Waals surface area contributed by atoms with E-state index in [1.165, 1.54) is 49.8 Å². The normalized spacial score (nSPS) is 20.3. The van der Waals surface area contributed by atoms with Gasteiger partial charge in [-0.05, 0) is 30.2 Å². The molecule has 0 amide bonds. The molecule has 1 fully saturated rings. The third kappa shape index (κ3) is 4.38. The molecule has 1 aromatic heterocycles. The fourth-order valence-electron chi connectivity index (χ4n) is 2.92. The summed E-state index contributed by atoms with van der Waals surface area (Å²) in [4.78, 5) is 1.36. The van der Waals surface area contributed by atoms with Crippen LogP contribution >= 0.6 is 11.3 Å². The number of hydrogen-bond donors (Lipinski definition) is 2. The van der Waals surface area contributed by atoms with Crippen molar-refractivity contribution < 1.29 is 5.11 Å². The molecule has 0 bridgehead atoms. The molecule has 0 radical (unpaired) electrons. The molecule has 1 heterocycles. The Morgan fingerprint density at radius 1 is 1.22 bits per heavy atom. The molecule has 0 saturated heterocycles. The molecular formula is C15H25NOS. The zero-order chi connectivity index (χ0) is 12.6. The molecule has 1 aliphatic carbocycles. The van der Waals surface area contributed by atoms with Crippen LogP contribution in [0.15, 0.2) is 17.5 Å². The lowest BCUT2D eigenvalue weighted by molar-refractivity contribution is 0.177. The van der Waals surface area contributed by atoms with E-state index in [4.69, 9.17) is 0 Å². The molecule has 1 aromatic rings. The molecule has 2 nitrogen and oxygen atoms in total. The molecule has 1 unspecified atom stereocenters. The van der Waals surface area contributed by atoms with Gasteiger partial charge in [0, 0.05) is 17.5 Å². The van der Waals surface area contributed by atoms with E-state index in [9.17, 15) is 5.11 Å². The van der Waals surface area contributed by atoms with Crippen LogP contribution in [-0.2, 0) is 6.54 Å². The molecule has 3 heteroatoms. The third-order valence-electron chi connectivity index (χ3n) is 4.03. The average molecular weight is 267 g/mol. The van der Waals surface area contributed by atoms with Crippen molar-refractivity contribution in [3.05, 3.63) is 22.4 Å². The Balaban J connectivity index is 1.81. The number of hydrogen-bond acceptors (Lipinski definition) is 3. The van der Waals surface area contributed by atoms with Crippen LogP contribution in [0.5, 0.6) is 0 Å². The highest BCUT2D eigenvalue weighted by atomic mass is 32.1. The smallest absolute Gasteiger partial charge is 0.0587 e. The molecule has 2 rings (SSSR count). The Morgan fingerprint density at radius 3 is 2.56 bits per heavy atom. The Bertz CT molecular complexity index is 304. The molecule has 1 atom stereocenters. The number of nitrogens with one attached hydrogen (secondary N) is 1. The van der Waals surface area contributed by atoms with Gasteiger partial charge in [0.2, 0.25) is 0 Å². The van der Waals surface area contributed by atoms with E-state index in [0.29, 0.717) is 5.92 Å². The summed E-state index contributed by atoms with van der Waals surface area (Å²) in [5, 5.41) is 15.3. The third-order valence-corrected chi connectivity index (χ3v) is 4.91. The quantitative estimate of drug-likeness (QED) is 0.855. The van der Waals surface area contributed by atoms with Crippen LogP contribution in [0.25, 0.3) is 0 Å². The fraction of sp³-hybridized carbons (Fsp3) is 0.733. The van der Waals surface area contributed by atoms with Crippen molar-refractivity contribution in [2.75, 3.05) is 6.61 Å². The van der Waals surface area contributed by atoms with Crippen molar-refractivity contribution in [3.63, 3.8) is 0 Å². The van der Waals surface area contributed by atoms with E-state index in [0.717, 1.165) is 6.54 Å². The van der Waals surface area contributed by atoms with Gasteiger partial charge in [-0.1, -0.05) is 38.2 Å². The number of thiophene rings is 1. The highest BCUT2D eigenvalue weighted by molar-refractivity contribution is 7.09. The van der Waals surface area contributed by atoms with Crippen molar-refractivity contribution in [2.24, 2.45) is 5.92 Å². The summed E-state index contributed by atoms with van der Waals surface area (Å²) in [6.07, 6.45) is 9.38. The highest BCUT2D eigenvalue weighted by Gasteiger charge is 2.21. The van der Waals surface area contributed by atoms with Gasteiger partial charge < -0.3 is 10.4 Å². The Kier molecular flexibility index (Phi) is 6.18. The molecule has 18 heavy (non-hydrogen) atoms. The Morgan fingerprint density at radius 2 is 1.94 bits per heavy atom. The van der Waals surface area contributed by atoms with Gasteiger partial charge in [0.25, 0.3) is 0 Å². The van der Waals surface area contributed by atoms with Crippen molar-refractivity contribution in [2.45, 2.75) is 57.5 Å². The minimum absolute atomic E-state index is 0.274. The molecule has 1 saturated carbocycles. The SMILES string of the molecule is OCC(NCc1cccs1)C1CCCCCCC1. The van der Waals surface area contributed by atoms with Gasteiger partial charge in [-0.2, -0.15) is 0 Å². The summed E-state index contributed by atoms with van der Waals surface area (Å²) < 4.78 is 0. The monoisotopic (exact) mass is 267 g/mol. The minimum Gasteiger partial charge on any atom is -0.395 e. The van der Waals surface area contributed by atoms with Crippen molar-refractivity contribution in [1.29, 1.82) is 0 Å². The van der Waals surface area contributed by atoms with E-state index in [2.05, 4.69) is 22.8 Å². The van der Waals surface area contributed by atoms with Crippen LogP contribution in [0.1, 0.15) is 49.8 Å². The number of rotatable bonds is 5. The maximum absolute atomic E-state index is 9.61. The summed E-state index contributed by atoms with van der Waals surface area (Å²) in [6.45, 7) is 1.18. The van der Waals surface area contributed by atoms with Crippen LogP contribution in [0, 0.1) is 5.92 Å². The van der Waals surface area contributed by atoms with Crippen molar-refractivity contribution in [1.82, 2.24) is 5.32 Å². The lowest BCUT2D eigenvalue weighted by atomic mass is 9.86. The van der Waals surface area contributed by atoms with Crippen LogP contribution in [0.4, 0.5) is 0 Å². The standard InChI is InChI=1S/C15H25NOS/c17-12-15(16-11-14-9-6-10-18-14)13-7-4-2-1-3-5-8-13/h6,9-10,13,15-17H,1-5,7-8,11-12H2. The summed E-state index contributed by atoms with van der Waals surface area (Å²) >= 11 is 1.79. The second-order valence-electron chi connectivity index (χ2n) is 5.35. The maximum atomic E-state index is 9.61. The van der Waals surface area contributed by atoms with Crippen molar-refractivity contribution in [3.8, 4) is 0 Å². The predicted octanol–water partition coefficient (Wildman–Crippen LogP) is 3.56. The molecule has 0 aliphatic heterocycles. The van der Waals surface area contributed by atoms with Gasteiger partial charge in [0.05, 0.1) is 6.61 Å². The predicted molar refractivity (Wildman–Crippen MR) is 77.8 cm³/mol. The van der Waals surface area contributed by atoms with Gasteiger partial charge in [0.15, 0.2) is 0 Å². The Labute approximate surface area is 114 Å². The molecular weight excluding hydrogens is 242 g/mol. The topological polar surface area (TPSA) is 32.3 Å². The Hall–Kier alpha value is -0.380. The maximum Gasteiger partial charge on any atom is 0.0587 e. The van der Waals surface area contributed by atoms with E-state index in [1.54, 1.807) is 11.3 Å². The van der Waals surface area contributed by atoms with E-state index in [-0.39, 0.29) is 12.6 Å². The summed E-state index contributed by atoms with van der Waals surface area (Å²) in [7, 11) is 0. The largest absolute Gasteiger partial charge is 0.395 e. The fourth-order valence-corrected chi connectivity index (χ4v) is 3.57. The van der Waals surface area contributed by atoms with E-state index >= 15 is 0 Å². The first-order valence-corrected chi connectivity index (χ1v) is 8.14. The molecule has 1 aliphatic rings. The molecule has 0 spiro atoms. The van der Waals surface area contributed by atoms with Crippen LogP contribution < -0.4 is 5.32 Å². The van der Waals surface area contributed by atoms with Gasteiger partial charge in [-0.15, -0.1) is 11.3 Å². The van der Waals surface area contributed by atoms with Crippen molar-refractivity contribution >= 4 is 11.3 Å². The molecule has 2 N–H and O–H groups in total. The van der Waals surface area contributed by atoms with Crippen LogP contribution in [0.3, 0.4) is 0 Å². The minimum atomic E-state index is 0.274.